The zero-order chi connectivity index (χ0) is 15.1. The van der Waals surface area contributed by atoms with E-state index in [9.17, 15) is 0 Å². The average molecular weight is 309 g/mol. The lowest BCUT2D eigenvalue weighted by Crippen LogP contribution is -2.41. The smallest absolute Gasteiger partial charge is 0.467 e. The van der Waals surface area contributed by atoms with Crippen molar-refractivity contribution in [3.63, 3.8) is 0 Å². The molecule has 0 amide bonds. The fourth-order valence-electron chi connectivity index (χ4n) is 2.72. The molecule has 1 aromatic heterocycles. The topological polar surface area (TPSA) is 40.6 Å². The van der Waals surface area contributed by atoms with Gasteiger partial charge in [-0.15, -0.1) is 0 Å². The molecule has 0 spiro atoms. The van der Waals surface area contributed by atoms with Gasteiger partial charge in [-0.05, 0) is 53.4 Å². The van der Waals surface area contributed by atoms with Crippen molar-refractivity contribution < 1.29 is 14.0 Å². The predicted molar refractivity (Wildman–Crippen MR) is 85.3 cm³/mol. The summed E-state index contributed by atoms with van der Waals surface area (Å²) in [6.07, 6.45) is 6.48. The first-order chi connectivity index (χ1) is 9.87. The third kappa shape index (κ3) is 3.12. The average Bonchev–Trinajstić information content (AvgIpc) is 2.94. The van der Waals surface area contributed by atoms with Gasteiger partial charge in [-0.25, -0.2) is 4.98 Å². The first-order valence-corrected chi connectivity index (χ1v) is 8.73. The van der Waals surface area contributed by atoms with Crippen LogP contribution in [0.5, 0.6) is 5.19 Å². The van der Waals surface area contributed by atoms with E-state index < -0.39 is 7.12 Å². The summed E-state index contributed by atoms with van der Waals surface area (Å²) in [5, 5.41) is 2.73. The Kier molecular flexibility index (Phi) is 4.05. The molecule has 4 nitrogen and oxygen atoms in total. The van der Waals surface area contributed by atoms with E-state index in [0.29, 0.717) is 6.10 Å². The molecule has 0 bridgehead atoms. The third-order valence-corrected chi connectivity index (χ3v) is 5.56. The second-order valence-electron chi connectivity index (χ2n) is 7.00. The molecule has 6 heteroatoms. The van der Waals surface area contributed by atoms with E-state index in [-0.39, 0.29) is 11.2 Å². The van der Waals surface area contributed by atoms with Crippen molar-refractivity contribution in [1.82, 2.24) is 4.98 Å². The molecular weight excluding hydrogens is 285 g/mol. The minimum absolute atomic E-state index is 0.328. The zero-order valence-electron chi connectivity index (χ0n) is 13.3. The fraction of sp³-hybridized carbons (Fsp3) is 0.800. The molecule has 21 heavy (non-hydrogen) atoms. The normalized spacial score (nSPS) is 25.2. The van der Waals surface area contributed by atoms with Crippen molar-refractivity contribution in [2.45, 2.75) is 77.1 Å². The molecule has 0 unspecified atom stereocenters. The van der Waals surface area contributed by atoms with E-state index in [0.717, 1.165) is 23.6 Å². The highest BCUT2D eigenvalue weighted by atomic mass is 32.1. The molecule has 1 aliphatic carbocycles. The van der Waals surface area contributed by atoms with Crippen molar-refractivity contribution in [1.29, 1.82) is 0 Å². The predicted octanol–water partition coefficient (Wildman–Crippen LogP) is 3.15. The van der Waals surface area contributed by atoms with Crippen LogP contribution in [-0.2, 0) is 9.31 Å². The summed E-state index contributed by atoms with van der Waals surface area (Å²) in [4.78, 5) is 4.56. The number of nitrogens with zero attached hydrogens (tertiary/aromatic N) is 1. The maximum Gasteiger partial charge on any atom is 0.515 e. The summed E-state index contributed by atoms with van der Waals surface area (Å²) in [7, 11) is -0.394. The van der Waals surface area contributed by atoms with Crippen LogP contribution in [0, 0.1) is 0 Å². The van der Waals surface area contributed by atoms with E-state index in [1.165, 1.54) is 30.6 Å². The highest BCUT2D eigenvalue weighted by Gasteiger charge is 2.52. The lowest BCUT2D eigenvalue weighted by molar-refractivity contribution is 0.00578. The van der Waals surface area contributed by atoms with Gasteiger partial charge in [0.05, 0.1) is 16.8 Å². The van der Waals surface area contributed by atoms with Crippen molar-refractivity contribution in [3.05, 3.63) is 5.38 Å². The molecule has 1 saturated carbocycles. The molecule has 0 radical (unpaired) electrons. The van der Waals surface area contributed by atoms with E-state index >= 15 is 0 Å². The maximum absolute atomic E-state index is 6.02. The van der Waals surface area contributed by atoms with Gasteiger partial charge in [0.15, 0.2) is 0 Å². The van der Waals surface area contributed by atoms with Crippen LogP contribution >= 0.6 is 11.3 Å². The summed E-state index contributed by atoms with van der Waals surface area (Å²) in [6.45, 7) is 8.22. The SMILES string of the molecule is CC1(C)OB(c2csc(OC3CCCCC3)n2)OC1(C)C. The highest BCUT2D eigenvalue weighted by Crippen LogP contribution is 2.36. The van der Waals surface area contributed by atoms with Crippen LogP contribution in [0.25, 0.3) is 0 Å². The Bertz CT molecular complexity index is 481. The standard InChI is InChI=1S/C15H24BNO3S/c1-14(2)15(3,4)20-16(19-14)12-10-21-13(17-12)18-11-8-6-5-7-9-11/h10-11H,5-9H2,1-4H3. The highest BCUT2D eigenvalue weighted by molar-refractivity contribution is 7.12. The van der Waals surface area contributed by atoms with Gasteiger partial charge in [0, 0.05) is 5.38 Å². The molecule has 0 aromatic carbocycles. The third-order valence-electron chi connectivity index (χ3n) is 4.82. The van der Waals surface area contributed by atoms with Gasteiger partial charge < -0.3 is 14.0 Å². The van der Waals surface area contributed by atoms with Gasteiger partial charge in [0.1, 0.15) is 6.10 Å². The van der Waals surface area contributed by atoms with Gasteiger partial charge in [0.25, 0.3) is 5.19 Å². The van der Waals surface area contributed by atoms with Gasteiger partial charge in [0.2, 0.25) is 0 Å². The molecule has 2 aliphatic rings. The Morgan fingerprint density at radius 1 is 1.14 bits per heavy atom. The second kappa shape index (κ2) is 5.56. The van der Waals surface area contributed by atoms with E-state index in [1.54, 1.807) is 0 Å². The van der Waals surface area contributed by atoms with Gasteiger partial charge in [-0.3, -0.25) is 0 Å². The number of thiazole rings is 1. The maximum atomic E-state index is 6.02. The van der Waals surface area contributed by atoms with Crippen LogP contribution in [0.3, 0.4) is 0 Å². The Balaban J connectivity index is 1.65. The fourth-order valence-corrected chi connectivity index (χ4v) is 3.46. The molecule has 1 saturated heterocycles. The minimum Gasteiger partial charge on any atom is -0.467 e. The molecule has 2 heterocycles. The molecule has 116 valence electrons. The summed E-state index contributed by atoms with van der Waals surface area (Å²) in [6, 6.07) is 0. The second-order valence-corrected chi connectivity index (χ2v) is 7.83. The van der Waals surface area contributed by atoms with E-state index in [2.05, 4.69) is 32.7 Å². The summed E-state index contributed by atoms with van der Waals surface area (Å²) < 4.78 is 18.0. The van der Waals surface area contributed by atoms with Crippen LogP contribution in [0.4, 0.5) is 0 Å². The van der Waals surface area contributed by atoms with Crippen molar-refractivity contribution in [3.8, 4) is 5.19 Å². The van der Waals surface area contributed by atoms with Crippen LogP contribution in [-0.4, -0.2) is 29.4 Å². The van der Waals surface area contributed by atoms with Crippen molar-refractivity contribution >= 4 is 24.0 Å². The monoisotopic (exact) mass is 309 g/mol. The number of aromatic nitrogens is 1. The van der Waals surface area contributed by atoms with E-state index in [1.807, 2.05) is 5.38 Å². The van der Waals surface area contributed by atoms with Crippen LogP contribution in [0.2, 0.25) is 0 Å². The lowest BCUT2D eigenvalue weighted by atomic mass is 9.86. The first kappa shape index (κ1) is 15.3. The first-order valence-electron chi connectivity index (χ1n) is 7.85. The lowest BCUT2D eigenvalue weighted by Gasteiger charge is -2.32. The number of hydrogen-bond donors (Lipinski definition) is 0. The zero-order valence-corrected chi connectivity index (χ0v) is 14.2. The summed E-state index contributed by atoms with van der Waals surface area (Å²) >= 11 is 1.54. The Morgan fingerprint density at radius 3 is 2.38 bits per heavy atom. The molecule has 1 aromatic rings. The Hall–Kier alpha value is -0.585. The number of rotatable bonds is 3. The molecule has 0 atom stereocenters. The van der Waals surface area contributed by atoms with Crippen LogP contribution < -0.4 is 10.3 Å². The van der Waals surface area contributed by atoms with Crippen LogP contribution in [0.15, 0.2) is 5.38 Å². The largest absolute Gasteiger partial charge is 0.515 e. The quantitative estimate of drug-likeness (QED) is 0.804. The Labute approximate surface area is 131 Å². The molecular formula is C15H24BNO3S. The minimum atomic E-state index is -0.394. The molecule has 0 N–H and O–H groups in total. The van der Waals surface area contributed by atoms with Crippen LogP contribution in [0.1, 0.15) is 59.8 Å². The summed E-state index contributed by atoms with van der Waals surface area (Å²) in [5.41, 5.74) is 0.168. The molecule has 3 rings (SSSR count). The van der Waals surface area contributed by atoms with Crippen molar-refractivity contribution in [2.24, 2.45) is 0 Å². The summed E-state index contributed by atoms with van der Waals surface area (Å²) in [5.74, 6) is 0. The Morgan fingerprint density at radius 2 is 1.76 bits per heavy atom. The van der Waals surface area contributed by atoms with Gasteiger partial charge in [-0.2, -0.15) is 0 Å². The molecule has 2 fully saturated rings. The van der Waals surface area contributed by atoms with Crippen molar-refractivity contribution in [2.75, 3.05) is 0 Å². The number of ether oxygens (including phenoxy) is 1. The van der Waals surface area contributed by atoms with Gasteiger partial charge >= 0.3 is 7.12 Å². The number of hydrogen-bond acceptors (Lipinski definition) is 5. The van der Waals surface area contributed by atoms with E-state index in [4.69, 9.17) is 14.0 Å². The van der Waals surface area contributed by atoms with Gasteiger partial charge in [-0.1, -0.05) is 17.8 Å². The molecule has 1 aliphatic heterocycles.